The highest BCUT2D eigenvalue weighted by Crippen LogP contribution is 2.24. The number of nitrogens with one attached hydrogen (secondary N) is 1. The molecule has 5 nitrogen and oxygen atoms in total. The summed E-state index contributed by atoms with van der Waals surface area (Å²) in [7, 11) is 0. The second-order valence-corrected chi connectivity index (χ2v) is 4.24. The lowest BCUT2D eigenvalue weighted by atomic mass is 10.2. The van der Waals surface area contributed by atoms with E-state index in [2.05, 4.69) is 10.3 Å². The summed E-state index contributed by atoms with van der Waals surface area (Å²) < 4.78 is 10.3. The number of carbonyl (C=O) groups is 1. The first-order valence-corrected chi connectivity index (χ1v) is 5.54. The Morgan fingerprint density at radius 1 is 1.53 bits per heavy atom. The van der Waals surface area contributed by atoms with Crippen molar-refractivity contribution in [2.45, 2.75) is 6.04 Å². The smallest absolute Gasteiger partial charge is 0.287 e. The van der Waals surface area contributed by atoms with Crippen LogP contribution in [0.4, 0.5) is 0 Å². The molecule has 0 radical (unpaired) electrons. The fraction of sp³-hybridized carbons (Fsp3) is 0.273. The van der Waals surface area contributed by atoms with E-state index in [4.69, 9.17) is 20.8 Å². The summed E-state index contributed by atoms with van der Waals surface area (Å²) in [5, 5.41) is 3.95. The van der Waals surface area contributed by atoms with Gasteiger partial charge in [0.25, 0.3) is 5.91 Å². The highest BCUT2D eigenvalue weighted by Gasteiger charge is 2.23. The van der Waals surface area contributed by atoms with Crippen LogP contribution in [0.1, 0.15) is 10.6 Å². The summed E-state index contributed by atoms with van der Waals surface area (Å²) >= 11 is 5.97. The third kappa shape index (κ3) is 1.87. The van der Waals surface area contributed by atoms with Crippen LogP contribution in [0.2, 0.25) is 5.02 Å². The molecule has 3 rings (SSSR count). The Morgan fingerprint density at radius 2 is 2.35 bits per heavy atom. The van der Waals surface area contributed by atoms with E-state index in [9.17, 15) is 4.79 Å². The van der Waals surface area contributed by atoms with Crippen molar-refractivity contribution in [3.63, 3.8) is 0 Å². The molecule has 6 heteroatoms. The fourth-order valence-electron chi connectivity index (χ4n) is 1.60. The van der Waals surface area contributed by atoms with Crippen molar-refractivity contribution in [1.29, 1.82) is 0 Å². The van der Waals surface area contributed by atoms with Crippen molar-refractivity contribution in [1.82, 2.24) is 10.3 Å². The molecular weight excluding hydrogens is 244 g/mol. The molecule has 0 aromatic carbocycles. The molecule has 2 aromatic heterocycles. The van der Waals surface area contributed by atoms with Crippen LogP contribution >= 0.6 is 11.6 Å². The van der Waals surface area contributed by atoms with Gasteiger partial charge in [0.15, 0.2) is 5.76 Å². The number of hydrogen-bond donors (Lipinski definition) is 1. The van der Waals surface area contributed by atoms with Crippen molar-refractivity contribution in [3.05, 3.63) is 29.1 Å². The maximum absolute atomic E-state index is 11.8. The van der Waals surface area contributed by atoms with Crippen LogP contribution in [-0.2, 0) is 4.74 Å². The maximum Gasteiger partial charge on any atom is 0.287 e. The average Bonchev–Trinajstić information content (AvgIpc) is 2.68. The van der Waals surface area contributed by atoms with Crippen LogP contribution in [0.5, 0.6) is 0 Å². The number of nitrogens with zero attached hydrogens (tertiary/aromatic N) is 1. The van der Waals surface area contributed by atoms with E-state index in [1.54, 1.807) is 12.1 Å². The largest absolute Gasteiger partial charge is 0.433 e. The second-order valence-electron chi connectivity index (χ2n) is 3.83. The quantitative estimate of drug-likeness (QED) is 0.882. The lowest BCUT2D eigenvalue weighted by Crippen LogP contribution is -2.48. The summed E-state index contributed by atoms with van der Waals surface area (Å²) in [6.45, 7) is 1.09. The minimum Gasteiger partial charge on any atom is -0.433 e. The molecule has 0 atom stereocenters. The van der Waals surface area contributed by atoms with Gasteiger partial charge in [-0.25, -0.2) is 4.98 Å². The molecule has 0 aliphatic carbocycles. The molecule has 0 spiro atoms. The summed E-state index contributed by atoms with van der Waals surface area (Å²) in [5.74, 6) is -0.0557. The first-order valence-electron chi connectivity index (χ1n) is 5.17. The first kappa shape index (κ1) is 10.6. The number of carbonyl (C=O) groups excluding carboxylic acids is 1. The van der Waals surface area contributed by atoms with Crippen molar-refractivity contribution in [3.8, 4) is 0 Å². The zero-order chi connectivity index (χ0) is 11.8. The molecule has 1 N–H and O–H groups in total. The van der Waals surface area contributed by atoms with Gasteiger partial charge in [-0.1, -0.05) is 11.6 Å². The number of furan rings is 1. The summed E-state index contributed by atoms with van der Waals surface area (Å²) in [6.07, 6.45) is 1.54. The van der Waals surface area contributed by atoms with Gasteiger partial charge < -0.3 is 14.5 Å². The molecule has 88 valence electrons. The van der Waals surface area contributed by atoms with Gasteiger partial charge in [0.1, 0.15) is 0 Å². The molecule has 2 aromatic rings. The Morgan fingerprint density at radius 3 is 3.00 bits per heavy atom. The number of halogens is 1. The number of ether oxygens (including phenoxy) is 1. The van der Waals surface area contributed by atoms with Gasteiger partial charge in [-0.2, -0.15) is 0 Å². The molecule has 0 saturated carbocycles. The van der Waals surface area contributed by atoms with Crippen molar-refractivity contribution in [2.75, 3.05) is 13.2 Å². The molecule has 1 amide bonds. The van der Waals surface area contributed by atoms with Crippen LogP contribution in [0.3, 0.4) is 0 Å². The van der Waals surface area contributed by atoms with Gasteiger partial charge in [0.05, 0.1) is 29.7 Å². The topological polar surface area (TPSA) is 64.4 Å². The number of amides is 1. The van der Waals surface area contributed by atoms with Gasteiger partial charge in [0, 0.05) is 12.3 Å². The van der Waals surface area contributed by atoms with Gasteiger partial charge in [0.2, 0.25) is 5.71 Å². The molecule has 1 saturated heterocycles. The number of aromatic nitrogens is 1. The minimum atomic E-state index is -0.271. The second kappa shape index (κ2) is 4.01. The van der Waals surface area contributed by atoms with Gasteiger partial charge in [-0.05, 0) is 6.07 Å². The molecule has 0 unspecified atom stereocenters. The van der Waals surface area contributed by atoms with Gasteiger partial charge >= 0.3 is 0 Å². The van der Waals surface area contributed by atoms with E-state index in [1.165, 1.54) is 6.20 Å². The summed E-state index contributed by atoms with van der Waals surface area (Å²) in [6, 6.07) is 3.32. The Labute approximate surface area is 102 Å². The third-order valence-electron chi connectivity index (χ3n) is 2.58. The zero-order valence-corrected chi connectivity index (χ0v) is 9.53. The highest BCUT2D eigenvalue weighted by atomic mass is 35.5. The number of fused-ring (bicyclic) bond motifs is 1. The predicted molar refractivity (Wildman–Crippen MR) is 61.1 cm³/mol. The molecule has 1 fully saturated rings. The first-order chi connectivity index (χ1) is 8.24. The fourth-order valence-corrected chi connectivity index (χ4v) is 1.79. The molecular formula is C11H9ClN2O3. The van der Waals surface area contributed by atoms with E-state index in [0.29, 0.717) is 29.3 Å². The van der Waals surface area contributed by atoms with Crippen LogP contribution in [0.25, 0.3) is 11.1 Å². The molecule has 1 aliphatic heterocycles. The van der Waals surface area contributed by atoms with Crippen LogP contribution in [-0.4, -0.2) is 30.1 Å². The SMILES string of the molecule is O=C(NC1COC1)c1cc2c(Cl)ccnc2o1. The van der Waals surface area contributed by atoms with E-state index in [-0.39, 0.29) is 17.7 Å². The number of hydrogen-bond acceptors (Lipinski definition) is 4. The lowest BCUT2D eigenvalue weighted by molar-refractivity contribution is -0.00387. The Hall–Kier alpha value is -1.59. The average molecular weight is 253 g/mol. The Balaban J connectivity index is 1.89. The Kier molecular flexibility index (Phi) is 2.49. The summed E-state index contributed by atoms with van der Waals surface area (Å²) in [5.41, 5.74) is 0.368. The molecule has 3 heterocycles. The normalized spacial score (nSPS) is 15.8. The zero-order valence-electron chi connectivity index (χ0n) is 8.77. The minimum absolute atomic E-state index is 0.0687. The van der Waals surface area contributed by atoms with E-state index in [1.807, 2.05) is 0 Å². The van der Waals surface area contributed by atoms with E-state index < -0.39 is 0 Å². The number of rotatable bonds is 2. The molecule has 17 heavy (non-hydrogen) atoms. The monoisotopic (exact) mass is 252 g/mol. The third-order valence-corrected chi connectivity index (χ3v) is 2.91. The summed E-state index contributed by atoms with van der Waals surface area (Å²) in [4.78, 5) is 15.8. The highest BCUT2D eigenvalue weighted by molar-refractivity contribution is 6.35. The van der Waals surface area contributed by atoms with Crippen LogP contribution in [0.15, 0.2) is 22.7 Å². The van der Waals surface area contributed by atoms with Crippen LogP contribution < -0.4 is 5.32 Å². The van der Waals surface area contributed by atoms with Gasteiger partial charge in [-0.15, -0.1) is 0 Å². The Bertz CT molecular complexity index is 577. The van der Waals surface area contributed by atoms with Crippen LogP contribution in [0, 0.1) is 0 Å². The molecule has 0 bridgehead atoms. The standard InChI is InChI=1S/C11H9ClN2O3/c12-8-1-2-13-11-7(8)3-9(17-11)10(15)14-6-4-16-5-6/h1-3,6H,4-5H2,(H,14,15). The maximum atomic E-state index is 11.8. The lowest BCUT2D eigenvalue weighted by Gasteiger charge is -2.26. The van der Waals surface area contributed by atoms with Crippen molar-refractivity contribution >= 4 is 28.6 Å². The number of pyridine rings is 1. The van der Waals surface area contributed by atoms with E-state index >= 15 is 0 Å². The van der Waals surface area contributed by atoms with E-state index in [0.717, 1.165) is 0 Å². The molecule has 1 aliphatic rings. The predicted octanol–water partition coefficient (Wildman–Crippen LogP) is 1.61. The van der Waals surface area contributed by atoms with Crippen molar-refractivity contribution < 1.29 is 13.9 Å². The van der Waals surface area contributed by atoms with Gasteiger partial charge in [-0.3, -0.25) is 4.79 Å². The van der Waals surface area contributed by atoms with Crippen molar-refractivity contribution in [2.24, 2.45) is 0 Å².